The van der Waals surface area contributed by atoms with E-state index in [0.717, 1.165) is 11.0 Å². The standard InChI is InChI=1S/C13H20BrN/c1-5-15-12(13(2,3)4)10-6-8-11(14)9-7-10/h6-9,12,15H,5H2,1-4H3. The van der Waals surface area contributed by atoms with Crippen LogP contribution in [0.5, 0.6) is 0 Å². The quantitative estimate of drug-likeness (QED) is 0.870. The highest BCUT2D eigenvalue weighted by Crippen LogP contribution is 2.32. The highest BCUT2D eigenvalue weighted by Gasteiger charge is 2.24. The summed E-state index contributed by atoms with van der Waals surface area (Å²) in [6.45, 7) is 9.95. The van der Waals surface area contributed by atoms with E-state index in [0.29, 0.717) is 6.04 Å². The minimum atomic E-state index is 0.240. The Hall–Kier alpha value is -0.340. The van der Waals surface area contributed by atoms with Crippen LogP contribution < -0.4 is 5.32 Å². The largest absolute Gasteiger partial charge is 0.310 e. The Balaban J connectivity index is 2.94. The third-order valence-corrected chi connectivity index (χ3v) is 3.01. The highest BCUT2D eigenvalue weighted by molar-refractivity contribution is 9.10. The lowest BCUT2D eigenvalue weighted by molar-refractivity contribution is 0.277. The van der Waals surface area contributed by atoms with Gasteiger partial charge in [0.25, 0.3) is 0 Å². The topological polar surface area (TPSA) is 12.0 Å². The van der Waals surface area contributed by atoms with E-state index < -0.39 is 0 Å². The van der Waals surface area contributed by atoms with E-state index in [1.807, 2.05) is 0 Å². The molecular formula is C13H20BrN. The summed E-state index contributed by atoms with van der Waals surface area (Å²) in [5.74, 6) is 0. The molecule has 2 heteroatoms. The van der Waals surface area contributed by atoms with Crippen molar-refractivity contribution in [3.05, 3.63) is 34.3 Å². The highest BCUT2D eigenvalue weighted by atomic mass is 79.9. The molecule has 1 nitrogen and oxygen atoms in total. The van der Waals surface area contributed by atoms with Gasteiger partial charge in [-0.05, 0) is 29.7 Å². The van der Waals surface area contributed by atoms with E-state index in [-0.39, 0.29) is 5.41 Å². The predicted molar refractivity (Wildman–Crippen MR) is 70.0 cm³/mol. The van der Waals surface area contributed by atoms with Crippen molar-refractivity contribution in [3.8, 4) is 0 Å². The summed E-state index contributed by atoms with van der Waals surface area (Å²) in [7, 11) is 0. The van der Waals surface area contributed by atoms with Gasteiger partial charge in [-0.1, -0.05) is 55.8 Å². The molecule has 1 rings (SSSR count). The van der Waals surface area contributed by atoms with Gasteiger partial charge in [-0.15, -0.1) is 0 Å². The second-order valence-corrected chi connectivity index (χ2v) is 5.82. The maximum absolute atomic E-state index is 3.54. The monoisotopic (exact) mass is 269 g/mol. The average molecular weight is 270 g/mol. The van der Waals surface area contributed by atoms with Crippen LogP contribution in [0.3, 0.4) is 0 Å². The third-order valence-electron chi connectivity index (χ3n) is 2.48. The van der Waals surface area contributed by atoms with Crippen LogP contribution in [0.25, 0.3) is 0 Å². The average Bonchev–Trinajstić information content (AvgIpc) is 2.14. The van der Waals surface area contributed by atoms with Crippen LogP contribution in [0.15, 0.2) is 28.7 Å². The molecule has 0 aliphatic heterocycles. The second kappa shape index (κ2) is 5.13. The lowest BCUT2D eigenvalue weighted by Crippen LogP contribution is -2.32. The van der Waals surface area contributed by atoms with Gasteiger partial charge >= 0.3 is 0 Å². The lowest BCUT2D eigenvalue weighted by Gasteiger charge is -2.31. The summed E-state index contributed by atoms with van der Waals surface area (Å²) in [6, 6.07) is 8.98. The molecule has 0 aliphatic rings. The van der Waals surface area contributed by atoms with Crippen molar-refractivity contribution in [2.75, 3.05) is 6.54 Å². The van der Waals surface area contributed by atoms with Gasteiger partial charge in [-0.2, -0.15) is 0 Å². The van der Waals surface area contributed by atoms with Crippen molar-refractivity contribution >= 4 is 15.9 Å². The number of hydrogen-bond donors (Lipinski definition) is 1. The first kappa shape index (κ1) is 12.7. The molecule has 0 saturated heterocycles. The van der Waals surface area contributed by atoms with Gasteiger partial charge in [0.1, 0.15) is 0 Å². The fourth-order valence-electron chi connectivity index (χ4n) is 1.78. The second-order valence-electron chi connectivity index (χ2n) is 4.91. The third kappa shape index (κ3) is 3.62. The summed E-state index contributed by atoms with van der Waals surface area (Å²) in [6.07, 6.45) is 0. The van der Waals surface area contributed by atoms with Gasteiger partial charge in [0.05, 0.1) is 0 Å². The van der Waals surface area contributed by atoms with Crippen LogP contribution >= 0.6 is 15.9 Å². The molecule has 0 amide bonds. The Morgan fingerprint density at radius 1 is 1.20 bits per heavy atom. The first-order valence-electron chi connectivity index (χ1n) is 5.44. The number of hydrogen-bond acceptors (Lipinski definition) is 1. The lowest BCUT2D eigenvalue weighted by atomic mass is 9.82. The van der Waals surface area contributed by atoms with Gasteiger partial charge in [-0.3, -0.25) is 0 Å². The number of halogens is 1. The molecule has 1 aromatic rings. The van der Waals surface area contributed by atoms with Crippen LogP contribution in [-0.4, -0.2) is 6.54 Å². The minimum absolute atomic E-state index is 0.240. The number of rotatable bonds is 3. The summed E-state index contributed by atoms with van der Waals surface area (Å²) >= 11 is 3.46. The maximum atomic E-state index is 3.54. The van der Waals surface area contributed by atoms with Crippen molar-refractivity contribution in [1.82, 2.24) is 5.32 Å². The number of benzene rings is 1. The van der Waals surface area contributed by atoms with E-state index >= 15 is 0 Å². The van der Waals surface area contributed by atoms with E-state index in [2.05, 4.69) is 73.2 Å². The van der Waals surface area contributed by atoms with Gasteiger partial charge in [0.15, 0.2) is 0 Å². The molecule has 0 bridgehead atoms. The van der Waals surface area contributed by atoms with Crippen molar-refractivity contribution in [1.29, 1.82) is 0 Å². The van der Waals surface area contributed by atoms with E-state index in [9.17, 15) is 0 Å². The molecule has 0 saturated carbocycles. The zero-order valence-electron chi connectivity index (χ0n) is 9.97. The predicted octanol–water partition coefficient (Wildman–Crippen LogP) is 4.15. The van der Waals surface area contributed by atoms with Crippen molar-refractivity contribution in [2.45, 2.75) is 33.7 Å². The molecule has 1 atom stereocenters. The summed E-state index contributed by atoms with van der Waals surface area (Å²) in [5, 5.41) is 3.54. The zero-order chi connectivity index (χ0) is 11.5. The molecule has 0 fully saturated rings. The smallest absolute Gasteiger partial charge is 0.0369 e. The Morgan fingerprint density at radius 2 is 1.73 bits per heavy atom. The Kier molecular flexibility index (Phi) is 4.35. The van der Waals surface area contributed by atoms with Crippen molar-refractivity contribution < 1.29 is 0 Å². The molecule has 0 spiro atoms. The maximum Gasteiger partial charge on any atom is 0.0369 e. The van der Waals surface area contributed by atoms with Crippen LogP contribution in [-0.2, 0) is 0 Å². The summed E-state index contributed by atoms with van der Waals surface area (Å²) in [4.78, 5) is 0. The van der Waals surface area contributed by atoms with Crippen LogP contribution in [0.1, 0.15) is 39.3 Å². The first-order valence-corrected chi connectivity index (χ1v) is 6.23. The van der Waals surface area contributed by atoms with Gasteiger partial charge < -0.3 is 5.32 Å². The van der Waals surface area contributed by atoms with Crippen molar-refractivity contribution in [3.63, 3.8) is 0 Å². The first-order chi connectivity index (χ1) is 6.95. The van der Waals surface area contributed by atoms with Crippen molar-refractivity contribution in [2.24, 2.45) is 5.41 Å². The van der Waals surface area contributed by atoms with Crippen LogP contribution in [0, 0.1) is 5.41 Å². The number of nitrogens with one attached hydrogen (secondary N) is 1. The normalized spacial score (nSPS) is 13.9. The SMILES string of the molecule is CCNC(c1ccc(Br)cc1)C(C)(C)C. The fraction of sp³-hybridized carbons (Fsp3) is 0.538. The van der Waals surface area contributed by atoms with Gasteiger partial charge in [-0.25, -0.2) is 0 Å². The molecule has 15 heavy (non-hydrogen) atoms. The molecule has 84 valence electrons. The molecular weight excluding hydrogens is 250 g/mol. The van der Waals surface area contributed by atoms with E-state index in [1.54, 1.807) is 0 Å². The molecule has 0 radical (unpaired) electrons. The summed E-state index contributed by atoms with van der Waals surface area (Å²) < 4.78 is 1.13. The minimum Gasteiger partial charge on any atom is -0.310 e. The molecule has 0 heterocycles. The fourth-order valence-corrected chi connectivity index (χ4v) is 2.05. The molecule has 1 N–H and O–H groups in total. The molecule has 1 unspecified atom stereocenters. The Morgan fingerprint density at radius 3 is 2.13 bits per heavy atom. The zero-order valence-corrected chi connectivity index (χ0v) is 11.6. The van der Waals surface area contributed by atoms with E-state index in [1.165, 1.54) is 5.56 Å². The molecule has 0 aromatic heterocycles. The van der Waals surface area contributed by atoms with Crippen LogP contribution in [0.2, 0.25) is 0 Å². The Bertz CT molecular complexity index is 297. The Labute approximate surface area is 101 Å². The molecule has 0 aliphatic carbocycles. The van der Waals surface area contributed by atoms with Gasteiger partial charge in [0.2, 0.25) is 0 Å². The van der Waals surface area contributed by atoms with Gasteiger partial charge in [0, 0.05) is 10.5 Å². The summed E-state index contributed by atoms with van der Waals surface area (Å²) in [5.41, 5.74) is 1.59. The van der Waals surface area contributed by atoms with E-state index in [4.69, 9.17) is 0 Å². The molecule has 1 aromatic carbocycles. The van der Waals surface area contributed by atoms with Crippen LogP contribution in [0.4, 0.5) is 0 Å².